The van der Waals surface area contributed by atoms with Crippen LogP contribution in [-0.4, -0.2) is 4.57 Å². The quantitative estimate of drug-likeness (QED) is 0.162. The Kier molecular flexibility index (Phi) is 7.64. The largest absolute Gasteiger partial charge is 0.310 e. The molecule has 0 unspecified atom stereocenters. The van der Waals surface area contributed by atoms with Gasteiger partial charge in [-0.25, -0.2) is 0 Å². The molecule has 0 bridgehead atoms. The minimum Gasteiger partial charge on any atom is -0.310 e. The van der Waals surface area contributed by atoms with Crippen LogP contribution in [-0.2, 0) is 5.41 Å². The number of benzene rings is 11. The minimum atomic E-state index is -0.641. The molecule has 302 valence electrons. The van der Waals surface area contributed by atoms with E-state index in [2.05, 4.69) is 252 Å². The molecule has 11 aromatic carbocycles. The molecule has 1 heterocycles. The zero-order valence-corrected chi connectivity index (χ0v) is 35.5. The molecule has 1 aromatic heterocycles. The second kappa shape index (κ2) is 13.8. The van der Waals surface area contributed by atoms with Crippen molar-refractivity contribution in [1.82, 2.24) is 4.57 Å². The van der Waals surface area contributed by atoms with E-state index >= 15 is 0 Å². The maximum absolute atomic E-state index is 2.55. The molecule has 12 aromatic rings. The Balaban J connectivity index is 1.19. The van der Waals surface area contributed by atoms with Crippen molar-refractivity contribution in [3.63, 3.8) is 0 Å². The fourth-order valence-electron chi connectivity index (χ4n) is 11.6. The summed E-state index contributed by atoms with van der Waals surface area (Å²) in [6.07, 6.45) is 0. The molecule has 0 saturated carbocycles. The van der Waals surface area contributed by atoms with E-state index < -0.39 is 5.41 Å². The molecule has 0 N–H and O–H groups in total. The van der Waals surface area contributed by atoms with Gasteiger partial charge in [0, 0.05) is 33.2 Å². The number of hydrogen-bond acceptors (Lipinski definition) is 1. The van der Waals surface area contributed by atoms with Crippen LogP contribution >= 0.6 is 0 Å². The zero-order valence-electron chi connectivity index (χ0n) is 35.5. The van der Waals surface area contributed by atoms with Crippen LogP contribution in [0.25, 0.3) is 82.4 Å². The van der Waals surface area contributed by atoms with Crippen molar-refractivity contribution < 1.29 is 0 Å². The van der Waals surface area contributed by atoms with Gasteiger partial charge in [-0.3, -0.25) is 0 Å². The predicted octanol–water partition coefficient (Wildman–Crippen LogP) is 16.6. The molecule has 0 amide bonds. The molecule has 65 heavy (non-hydrogen) atoms. The fourth-order valence-corrected chi connectivity index (χ4v) is 11.6. The van der Waals surface area contributed by atoms with Crippen molar-refractivity contribution in [2.75, 3.05) is 4.90 Å². The summed E-state index contributed by atoms with van der Waals surface area (Å²) in [4.78, 5) is 2.46. The summed E-state index contributed by atoms with van der Waals surface area (Å²) < 4.78 is 2.55. The second-order valence-electron chi connectivity index (χ2n) is 17.6. The number of fused-ring (bicyclic) bond motifs is 8. The molecule has 0 aliphatic heterocycles. The number of para-hydroxylation sites is 2. The van der Waals surface area contributed by atoms with E-state index in [0.29, 0.717) is 0 Å². The summed E-state index contributed by atoms with van der Waals surface area (Å²) in [5, 5.41) is 7.59. The third kappa shape index (κ3) is 5.05. The van der Waals surface area contributed by atoms with Crippen LogP contribution < -0.4 is 4.90 Å². The lowest BCUT2D eigenvalue weighted by atomic mass is 9.62. The second-order valence-corrected chi connectivity index (χ2v) is 17.6. The molecule has 0 fully saturated rings. The predicted molar refractivity (Wildman–Crippen MR) is 272 cm³/mol. The van der Waals surface area contributed by atoms with E-state index in [1.54, 1.807) is 0 Å². The van der Waals surface area contributed by atoms with Crippen LogP contribution in [0.2, 0.25) is 0 Å². The Labute approximate surface area is 377 Å². The van der Waals surface area contributed by atoms with E-state index in [1.165, 1.54) is 99.0 Å². The Hall–Kier alpha value is -8.46. The van der Waals surface area contributed by atoms with Crippen LogP contribution in [0, 0.1) is 0 Å². The van der Waals surface area contributed by atoms with Gasteiger partial charge in [0.05, 0.1) is 22.1 Å². The van der Waals surface area contributed by atoms with Crippen molar-refractivity contribution >= 4 is 60.4 Å². The lowest BCUT2D eigenvalue weighted by Gasteiger charge is -2.39. The first-order valence-corrected chi connectivity index (χ1v) is 22.6. The highest BCUT2D eigenvalue weighted by molar-refractivity contribution is 6.29. The number of rotatable bonds is 6. The van der Waals surface area contributed by atoms with Crippen LogP contribution in [0.1, 0.15) is 22.3 Å². The summed E-state index contributed by atoms with van der Waals surface area (Å²) in [5.74, 6) is 0. The zero-order chi connectivity index (χ0) is 42.6. The van der Waals surface area contributed by atoms with Crippen molar-refractivity contribution in [3.8, 4) is 39.1 Å². The monoisotopic (exact) mass is 824 g/mol. The van der Waals surface area contributed by atoms with E-state index in [0.717, 1.165) is 22.7 Å². The first-order chi connectivity index (χ1) is 32.3. The maximum Gasteiger partial charge on any atom is 0.0726 e. The molecule has 2 aliphatic carbocycles. The van der Waals surface area contributed by atoms with E-state index in [9.17, 15) is 0 Å². The summed E-state index contributed by atoms with van der Waals surface area (Å²) in [6.45, 7) is 0. The lowest BCUT2D eigenvalue weighted by Crippen LogP contribution is -2.31. The first-order valence-electron chi connectivity index (χ1n) is 22.6. The summed E-state index contributed by atoms with van der Waals surface area (Å²) in [5.41, 5.74) is 19.0. The van der Waals surface area contributed by atoms with E-state index in [4.69, 9.17) is 0 Å². The third-order valence-electron chi connectivity index (χ3n) is 14.3. The van der Waals surface area contributed by atoms with Gasteiger partial charge in [0.1, 0.15) is 0 Å². The van der Waals surface area contributed by atoms with Crippen LogP contribution in [0.3, 0.4) is 0 Å². The topological polar surface area (TPSA) is 8.17 Å². The van der Waals surface area contributed by atoms with Gasteiger partial charge in [-0.2, -0.15) is 0 Å². The Morgan fingerprint density at radius 2 is 0.862 bits per heavy atom. The first kappa shape index (κ1) is 36.1. The van der Waals surface area contributed by atoms with Crippen LogP contribution in [0.5, 0.6) is 0 Å². The van der Waals surface area contributed by atoms with Gasteiger partial charge in [0.25, 0.3) is 0 Å². The molecule has 0 radical (unpaired) electrons. The molecular formula is C63H40N2. The summed E-state index contributed by atoms with van der Waals surface area (Å²) in [6, 6.07) is 90.3. The van der Waals surface area contributed by atoms with Crippen LogP contribution in [0.15, 0.2) is 243 Å². The highest BCUT2D eigenvalue weighted by atomic mass is 15.1. The molecule has 2 heteroatoms. The van der Waals surface area contributed by atoms with E-state index in [1.807, 2.05) is 0 Å². The average Bonchev–Trinajstić information content (AvgIpc) is 3.87. The normalized spacial score (nSPS) is 13.0. The van der Waals surface area contributed by atoms with Gasteiger partial charge in [0.15, 0.2) is 0 Å². The summed E-state index contributed by atoms with van der Waals surface area (Å²) in [7, 11) is 0. The SMILES string of the molecule is c1ccc(-c2ccc3c(c2)C2(c4cc(-c5ccccc5)ccc4-3)c3cccc4c(N(c5ccccc5)c5ccccc5)cc5c(c34)c3c2cccc3n5-c2ccc3ccccc3c2)cc1. The van der Waals surface area contributed by atoms with Gasteiger partial charge in [-0.05, 0) is 132 Å². The van der Waals surface area contributed by atoms with Gasteiger partial charge in [-0.1, -0.05) is 182 Å². The number of aromatic nitrogens is 1. The van der Waals surface area contributed by atoms with Crippen molar-refractivity contribution in [2.45, 2.75) is 5.41 Å². The summed E-state index contributed by atoms with van der Waals surface area (Å²) >= 11 is 0. The van der Waals surface area contributed by atoms with Crippen molar-refractivity contribution in [1.29, 1.82) is 0 Å². The molecule has 2 nitrogen and oxygen atoms in total. The molecule has 1 spiro atoms. The Morgan fingerprint density at radius 1 is 0.323 bits per heavy atom. The molecule has 0 saturated heterocycles. The van der Waals surface area contributed by atoms with Gasteiger partial charge in [-0.15, -0.1) is 0 Å². The van der Waals surface area contributed by atoms with Gasteiger partial charge < -0.3 is 9.47 Å². The van der Waals surface area contributed by atoms with Gasteiger partial charge in [0.2, 0.25) is 0 Å². The number of hydrogen-bond donors (Lipinski definition) is 0. The minimum absolute atomic E-state index is 0.641. The maximum atomic E-state index is 2.55. The average molecular weight is 825 g/mol. The van der Waals surface area contributed by atoms with Gasteiger partial charge >= 0.3 is 0 Å². The highest BCUT2D eigenvalue weighted by Gasteiger charge is 2.51. The van der Waals surface area contributed by atoms with Crippen LogP contribution in [0.4, 0.5) is 17.1 Å². The molecule has 2 aliphatic rings. The van der Waals surface area contributed by atoms with Crippen molar-refractivity contribution in [3.05, 3.63) is 265 Å². The third-order valence-corrected chi connectivity index (χ3v) is 14.3. The fraction of sp³-hybridized carbons (Fsp3) is 0.0159. The Morgan fingerprint density at radius 3 is 1.48 bits per heavy atom. The standard InChI is InChI=1S/C63H40N2/c1-5-17-41(18-6-1)45-32-35-50-51-36-33-46(42-19-7-2-8-20-42)39-56(51)63(55(50)38-45)53-28-15-27-52-58(64(47-23-9-3-10-24-47)48-25-11-4-12-26-48)40-59-62(60(52)53)61-54(63)29-16-30-57(61)65(59)49-34-31-43-21-13-14-22-44(43)37-49/h1-40H. The smallest absolute Gasteiger partial charge is 0.0726 e. The Bertz CT molecular complexity index is 3740. The molecule has 0 atom stereocenters. The van der Waals surface area contributed by atoms with Crippen molar-refractivity contribution in [2.24, 2.45) is 0 Å². The molecular weight excluding hydrogens is 785 g/mol. The number of nitrogens with zero attached hydrogens (tertiary/aromatic N) is 2. The molecule has 14 rings (SSSR count). The lowest BCUT2D eigenvalue weighted by molar-refractivity contribution is 0.783. The number of anilines is 3. The van der Waals surface area contributed by atoms with E-state index in [-0.39, 0.29) is 0 Å². The highest BCUT2D eigenvalue weighted by Crippen LogP contribution is 2.64.